The number of carbonyl (C=O) groups is 3. The Morgan fingerprint density at radius 2 is 1.79 bits per heavy atom. The van der Waals surface area contributed by atoms with Gasteiger partial charge in [0.1, 0.15) is 0 Å². The lowest BCUT2D eigenvalue weighted by molar-refractivity contribution is 0.0680. The molecule has 1 rings (SSSR count). The van der Waals surface area contributed by atoms with Gasteiger partial charge in [-0.15, -0.1) is 0 Å². The van der Waals surface area contributed by atoms with Crippen LogP contribution in [0.4, 0.5) is 0 Å². The molecule has 0 aromatic heterocycles. The third-order valence-electron chi connectivity index (χ3n) is 1.66. The van der Waals surface area contributed by atoms with Crippen LogP contribution in [0.1, 0.15) is 31.1 Å². The number of carboxylic acids is 2. The van der Waals surface area contributed by atoms with Crippen molar-refractivity contribution < 1.29 is 24.6 Å². The normalized spacial score (nSPS) is 9.43. The Kier molecular flexibility index (Phi) is 2.62. The van der Waals surface area contributed by atoms with Crippen molar-refractivity contribution in [1.82, 2.24) is 0 Å². The minimum Gasteiger partial charge on any atom is -0.478 e. The largest absolute Gasteiger partial charge is 0.478 e. The average molecular weight is 194 g/mol. The number of aromatic carboxylic acids is 2. The van der Waals surface area contributed by atoms with E-state index in [0.29, 0.717) is 6.29 Å². The number of carboxylic acid groups (broad SMARTS) is 2. The van der Waals surface area contributed by atoms with Crippen LogP contribution in [0.25, 0.3) is 0 Å². The molecule has 0 atom stereocenters. The van der Waals surface area contributed by atoms with Gasteiger partial charge in [0.05, 0.1) is 11.1 Å². The summed E-state index contributed by atoms with van der Waals surface area (Å²) in [5.74, 6) is -2.46. The van der Waals surface area contributed by atoms with Crippen LogP contribution in [0.2, 0.25) is 0 Å². The van der Waals surface area contributed by atoms with E-state index in [1.54, 1.807) is 0 Å². The maximum Gasteiger partial charge on any atom is 0.336 e. The monoisotopic (exact) mass is 194 g/mol. The summed E-state index contributed by atoms with van der Waals surface area (Å²) in [5, 5.41) is 17.2. The number of hydrogen-bond acceptors (Lipinski definition) is 3. The molecule has 0 radical (unpaired) electrons. The molecule has 0 unspecified atom stereocenters. The summed E-state index contributed by atoms with van der Waals surface area (Å²) in [6.45, 7) is 0. The van der Waals surface area contributed by atoms with Crippen LogP contribution >= 0.6 is 0 Å². The maximum atomic E-state index is 10.6. The van der Waals surface area contributed by atoms with E-state index in [-0.39, 0.29) is 16.7 Å². The molecule has 0 aliphatic rings. The molecule has 0 fully saturated rings. The van der Waals surface area contributed by atoms with Gasteiger partial charge in [-0.25, -0.2) is 9.59 Å². The molecule has 0 bridgehead atoms. The van der Waals surface area contributed by atoms with E-state index >= 15 is 0 Å². The summed E-state index contributed by atoms with van der Waals surface area (Å²) < 4.78 is 0. The Morgan fingerprint density at radius 3 is 2.21 bits per heavy atom. The molecule has 0 saturated heterocycles. The third-order valence-corrected chi connectivity index (χ3v) is 1.66. The topological polar surface area (TPSA) is 91.7 Å². The molecule has 2 N–H and O–H groups in total. The zero-order chi connectivity index (χ0) is 10.7. The van der Waals surface area contributed by atoms with Crippen LogP contribution < -0.4 is 0 Å². The Labute approximate surface area is 78.6 Å². The third kappa shape index (κ3) is 1.77. The Morgan fingerprint density at radius 1 is 1.14 bits per heavy atom. The van der Waals surface area contributed by atoms with Gasteiger partial charge in [-0.1, -0.05) is 0 Å². The fourth-order valence-corrected chi connectivity index (χ4v) is 0.988. The van der Waals surface area contributed by atoms with Gasteiger partial charge in [0.25, 0.3) is 0 Å². The van der Waals surface area contributed by atoms with E-state index < -0.39 is 11.9 Å². The number of aldehydes is 1. The summed E-state index contributed by atoms with van der Waals surface area (Å²) in [7, 11) is 0. The molecular formula is C9H6O5. The predicted molar refractivity (Wildman–Crippen MR) is 45.7 cm³/mol. The lowest BCUT2D eigenvalue weighted by atomic mass is 10.1. The molecule has 1 aromatic carbocycles. The summed E-state index contributed by atoms with van der Waals surface area (Å²) in [6, 6.07) is 3.26. The van der Waals surface area contributed by atoms with Gasteiger partial charge in [-0.2, -0.15) is 0 Å². The van der Waals surface area contributed by atoms with Gasteiger partial charge in [0.2, 0.25) is 0 Å². The van der Waals surface area contributed by atoms with Crippen LogP contribution in [-0.2, 0) is 0 Å². The fourth-order valence-electron chi connectivity index (χ4n) is 0.988. The minimum atomic E-state index is -1.26. The van der Waals surface area contributed by atoms with Crippen molar-refractivity contribution in [2.75, 3.05) is 0 Å². The zero-order valence-corrected chi connectivity index (χ0v) is 6.93. The SMILES string of the molecule is O=Cc1cc(C(=O)O)ccc1C(=O)O. The lowest BCUT2D eigenvalue weighted by Gasteiger charge is -2.00. The molecule has 1 aromatic rings. The first-order chi connectivity index (χ1) is 6.56. The lowest BCUT2D eigenvalue weighted by Crippen LogP contribution is -2.05. The molecule has 5 nitrogen and oxygen atoms in total. The first-order valence-corrected chi connectivity index (χ1v) is 3.62. The van der Waals surface area contributed by atoms with Gasteiger partial charge in [-0.3, -0.25) is 4.79 Å². The summed E-state index contributed by atoms with van der Waals surface area (Å²) in [6.07, 6.45) is 0.315. The highest BCUT2D eigenvalue weighted by Crippen LogP contribution is 2.10. The standard InChI is InChI=1S/C9H6O5/c10-4-6-3-5(8(11)12)1-2-7(6)9(13)14/h1-4H,(H,11,12)(H,13,14). The molecule has 0 amide bonds. The highest BCUT2D eigenvalue weighted by molar-refractivity contribution is 5.99. The van der Waals surface area contributed by atoms with Crippen molar-refractivity contribution in [2.45, 2.75) is 0 Å². The minimum absolute atomic E-state index is 0.114. The average Bonchev–Trinajstić information content (AvgIpc) is 2.16. The highest BCUT2D eigenvalue weighted by Gasteiger charge is 2.12. The molecular weight excluding hydrogens is 188 g/mol. The second kappa shape index (κ2) is 3.69. The molecule has 72 valence electrons. The van der Waals surface area contributed by atoms with Gasteiger partial charge >= 0.3 is 11.9 Å². The first kappa shape index (κ1) is 9.91. The van der Waals surface area contributed by atoms with Gasteiger partial charge < -0.3 is 10.2 Å². The van der Waals surface area contributed by atoms with E-state index in [1.807, 2.05) is 0 Å². The van der Waals surface area contributed by atoms with Gasteiger partial charge in [0, 0.05) is 5.56 Å². The van der Waals surface area contributed by atoms with Crippen molar-refractivity contribution in [3.05, 3.63) is 34.9 Å². The van der Waals surface area contributed by atoms with Crippen LogP contribution in [0.5, 0.6) is 0 Å². The molecule has 0 aliphatic carbocycles. The molecule has 5 heteroatoms. The second-order valence-electron chi connectivity index (χ2n) is 2.53. The molecule has 0 heterocycles. The number of benzene rings is 1. The molecule has 0 saturated carbocycles. The molecule has 0 aliphatic heterocycles. The summed E-state index contributed by atoms with van der Waals surface area (Å²) >= 11 is 0. The number of carbonyl (C=O) groups excluding carboxylic acids is 1. The van der Waals surface area contributed by atoms with Crippen molar-refractivity contribution in [3.63, 3.8) is 0 Å². The van der Waals surface area contributed by atoms with E-state index in [2.05, 4.69) is 0 Å². The summed E-state index contributed by atoms with van der Waals surface area (Å²) in [5.41, 5.74) is -0.459. The Bertz CT molecular complexity index is 408. The quantitative estimate of drug-likeness (QED) is 0.697. The highest BCUT2D eigenvalue weighted by atomic mass is 16.4. The van der Waals surface area contributed by atoms with E-state index in [9.17, 15) is 14.4 Å². The Hall–Kier alpha value is -2.17. The van der Waals surface area contributed by atoms with Crippen LogP contribution in [0, 0.1) is 0 Å². The predicted octanol–water partition coefficient (Wildman–Crippen LogP) is 0.895. The first-order valence-electron chi connectivity index (χ1n) is 3.62. The zero-order valence-electron chi connectivity index (χ0n) is 6.93. The van der Waals surface area contributed by atoms with Crippen molar-refractivity contribution >= 4 is 18.2 Å². The molecule has 14 heavy (non-hydrogen) atoms. The van der Waals surface area contributed by atoms with Gasteiger partial charge in [-0.05, 0) is 18.2 Å². The van der Waals surface area contributed by atoms with Crippen LogP contribution in [-0.4, -0.2) is 28.4 Å². The van der Waals surface area contributed by atoms with E-state index in [1.165, 1.54) is 0 Å². The van der Waals surface area contributed by atoms with E-state index in [0.717, 1.165) is 18.2 Å². The maximum absolute atomic E-state index is 10.6. The van der Waals surface area contributed by atoms with Crippen molar-refractivity contribution in [1.29, 1.82) is 0 Å². The smallest absolute Gasteiger partial charge is 0.336 e. The van der Waals surface area contributed by atoms with Crippen molar-refractivity contribution in [2.24, 2.45) is 0 Å². The van der Waals surface area contributed by atoms with Gasteiger partial charge in [0.15, 0.2) is 6.29 Å². The Balaban J connectivity index is 3.32. The fraction of sp³-hybridized carbons (Fsp3) is 0. The summed E-state index contributed by atoms with van der Waals surface area (Å²) in [4.78, 5) is 31.5. The second-order valence-corrected chi connectivity index (χ2v) is 2.53. The number of rotatable bonds is 3. The van der Waals surface area contributed by atoms with Crippen LogP contribution in [0.15, 0.2) is 18.2 Å². The van der Waals surface area contributed by atoms with Crippen LogP contribution in [0.3, 0.4) is 0 Å². The van der Waals surface area contributed by atoms with E-state index in [4.69, 9.17) is 10.2 Å². The van der Waals surface area contributed by atoms with Crippen molar-refractivity contribution in [3.8, 4) is 0 Å². The number of hydrogen-bond donors (Lipinski definition) is 2. The molecule has 0 spiro atoms.